The normalized spacial score (nSPS) is 14.8. The number of nitrogens with one attached hydrogen (secondary N) is 2. The molecule has 1 aromatic carbocycles. The molecule has 5 rings (SSSR count). The van der Waals surface area contributed by atoms with Crippen molar-refractivity contribution in [3.05, 3.63) is 60.3 Å². The fourth-order valence-corrected chi connectivity index (χ4v) is 4.30. The predicted molar refractivity (Wildman–Crippen MR) is 136 cm³/mol. The number of fused-ring (bicyclic) bond motifs is 1. The highest BCUT2D eigenvalue weighted by Gasteiger charge is 2.18. The van der Waals surface area contributed by atoms with Crippen LogP contribution < -0.4 is 5.32 Å². The quantitative estimate of drug-likeness (QED) is 0.420. The predicted octanol–water partition coefficient (Wildman–Crippen LogP) is 4.14. The standard InChI is InChI=1S/C26H28FN7O2/c1-3-36-26(35)32-25-30-22-14-18(13-20(24(22)31-25)23-21(27)5-4-8-28-23)17-6-7-19(29-15-17)16-34-11-9-33(2)10-12-34/h4-8,13-15H,3,9-12,16H2,1-2H3,(H2,30,31,32,35). The summed E-state index contributed by atoms with van der Waals surface area (Å²) < 4.78 is 19.7. The first-order chi connectivity index (χ1) is 17.5. The summed E-state index contributed by atoms with van der Waals surface area (Å²) in [6.07, 6.45) is 2.75. The Bertz CT molecular complexity index is 1360. The molecule has 10 heteroatoms. The average molecular weight is 490 g/mol. The van der Waals surface area contributed by atoms with E-state index in [9.17, 15) is 9.18 Å². The maximum atomic E-state index is 14.7. The van der Waals surface area contributed by atoms with E-state index in [1.165, 1.54) is 12.3 Å². The lowest BCUT2D eigenvalue weighted by atomic mass is 10.0. The van der Waals surface area contributed by atoms with Crippen LogP contribution in [-0.4, -0.2) is 75.7 Å². The molecule has 2 N–H and O–H groups in total. The van der Waals surface area contributed by atoms with Gasteiger partial charge in [-0.05, 0) is 49.9 Å². The zero-order valence-corrected chi connectivity index (χ0v) is 20.3. The number of aromatic amines is 1. The van der Waals surface area contributed by atoms with Gasteiger partial charge in [0.1, 0.15) is 17.0 Å². The molecule has 0 saturated carbocycles. The fourth-order valence-electron chi connectivity index (χ4n) is 4.30. The Morgan fingerprint density at radius 3 is 2.69 bits per heavy atom. The molecule has 4 aromatic rings. The lowest BCUT2D eigenvalue weighted by molar-refractivity contribution is 0.147. The Balaban J connectivity index is 1.48. The lowest BCUT2D eigenvalue weighted by Crippen LogP contribution is -2.43. The summed E-state index contributed by atoms with van der Waals surface area (Å²) in [5.74, 6) is -0.252. The van der Waals surface area contributed by atoms with E-state index in [-0.39, 0.29) is 18.2 Å². The van der Waals surface area contributed by atoms with Crippen molar-refractivity contribution in [1.82, 2.24) is 29.7 Å². The van der Waals surface area contributed by atoms with E-state index >= 15 is 0 Å². The Hall–Kier alpha value is -3.89. The first kappa shape index (κ1) is 23.8. The first-order valence-electron chi connectivity index (χ1n) is 11.9. The Morgan fingerprint density at radius 2 is 1.97 bits per heavy atom. The van der Waals surface area contributed by atoms with Gasteiger partial charge >= 0.3 is 6.09 Å². The number of aromatic nitrogens is 4. The fraction of sp³-hybridized carbons (Fsp3) is 0.308. The number of piperazine rings is 1. The van der Waals surface area contributed by atoms with Gasteiger partial charge in [-0.2, -0.15) is 0 Å². The van der Waals surface area contributed by atoms with Gasteiger partial charge in [0.2, 0.25) is 5.95 Å². The SMILES string of the molecule is CCOC(=O)Nc1nc2c(-c3ncccc3F)cc(-c3ccc(CN4CCN(C)CC4)nc3)cc2[nH]1. The van der Waals surface area contributed by atoms with Crippen molar-refractivity contribution in [2.24, 2.45) is 0 Å². The maximum absolute atomic E-state index is 14.7. The smallest absolute Gasteiger partial charge is 0.413 e. The number of carbonyl (C=O) groups is 1. The van der Waals surface area contributed by atoms with Crippen LogP contribution >= 0.6 is 0 Å². The zero-order valence-electron chi connectivity index (χ0n) is 20.3. The summed E-state index contributed by atoms with van der Waals surface area (Å²) in [4.78, 5) is 33.1. The Labute approximate surface area is 208 Å². The number of ether oxygens (including phenoxy) is 1. The molecule has 1 amide bonds. The van der Waals surface area contributed by atoms with E-state index in [1.54, 1.807) is 13.0 Å². The number of H-pyrrole nitrogens is 1. The largest absolute Gasteiger partial charge is 0.450 e. The third-order valence-corrected chi connectivity index (χ3v) is 6.24. The molecule has 0 bridgehead atoms. The highest BCUT2D eigenvalue weighted by atomic mass is 19.1. The number of anilines is 1. The van der Waals surface area contributed by atoms with Crippen LogP contribution in [0.4, 0.5) is 15.1 Å². The summed E-state index contributed by atoms with van der Waals surface area (Å²) in [7, 11) is 2.14. The molecular weight excluding hydrogens is 461 g/mol. The van der Waals surface area contributed by atoms with E-state index in [1.807, 2.05) is 30.5 Å². The number of nitrogens with zero attached hydrogens (tertiary/aromatic N) is 5. The number of imidazole rings is 1. The summed E-state index contributed by atoms with van der Waals surface area (Å²) in [6, 6.07) is 10.7. The van der Waals surface area contributed by atoms with Crippen molar-refractivity contribution >= 4 is 23.1 Å². The van der Waals surface area contributed by atoms with Crippen LogP contribution in [0.2, 0.25) is 0 Å². The van der Waals surface area contributed by atoms with Crippen LogP contribution in [0, 0.1) is 5.82 Å². The molecule has 3 aromatic heterocycles. The van der Waals surface area contributed by atoms with Gasteiger partial charge in [0.25, 0.3) is 0 Å². The van der Waals surface area contributed by atoms with Crippen molar-refractivity contribution in [3.63, 3.8) is 0 Å². The number of carbonyl (C=O) groups excluding carboxylic acids is 1. The topological polar surface area (TPSA) is 99.3 Å². The summed E-state index contributed by atoms with van der Waals surface area (Å²) in [5, 5.41) is 2.57. The summed E-state index contributed by atoms with van der Waals surface area (Å²) in [6.45, 7) is 6.93. The number of amides is 1. The van der Waals surface area contributed by atoms with Gasteiger partial charge in [0, 0.05) is 56.2 Å². The van der Waals surface area contributed by atoms with Crippen molar-refractivity contribution in [2.75, 3.05) is 45.2 Å². The third-order valence-electron chi connectivity index (χ3n) is 6.24. The number of halogens is 1. The number of pyridine rings is 2. The molecule has 36 heavy (non-hydrogen) atoms. The van der Waals surface area contributed by atoms with E-state index in [0.717, 1.165) is 49.5 Å². The van der Waals surface area contributed by atoms with Gasteiger partial charge in [-0.1, -0.05) is 6.07 Å². The second kappa shape index (κ2) is 10.4. The van der Waals surface area contributed by atoms with Crippen molar-refractivity contribution in [3.8, 4) is 22.4 Å². The average Bonchev–Trinajstić information content (AvgIpc) is 3.28. The highest BCUT2D eigenvalue weighted by Crippen LogP contribution is 2.34. The number of hydrogen-bond donors (Lipinski definition) is 2. The number of rotatable bonds is 6. The van der Waals surface area contributed by atoms with Crippen LogP contribution in [0.25, 0.3) is 33.4 Å². The van der Waals surface area contributed by atoms with Gasteiger partial charge in [0.15, 0.2) is 0 Å². The molecule has 1 aliphatic rings. The molecular formula is C26H28FN7O2. The highest BCUT2D eigenvalue weighted by molar-refractivity contribution is 5.97. The van der Waals surface area contributed by atoms with Crippen molar-refractivity contribution < 1.29 is 13.9 Å². The molecule has 0 aliphatic carbocycles. The molecule has 1 saturated heterocycles. The minimum atomic E-state index is -0.623. The number of hydrogen-bond acceptors (Lipinski definition) is 7. The van der Waals surface area contributed by atoms with Gasteiger partial charge in [-0.3, -0.25) is 20.2 Å². The van der Waals surface area contributed by atoms with Crippen LogP contribution in [0.15, 0.2) is 48.8 Å². The van der Waals surface area contributed by atoms with Gasteiger partial charge < -0.3 is 14.6 Å². The second-order valence-electron chi connectivity index (χ2n) is 8.80. The van der Waals surface area contributed by atoms with E-state index in [0.29, 0.717) is 16.6 Å². The monoisotopic (exact) mass is 489 g/mol. The molecule has 1 aliphatic heterocycles. The van der Waals surface area contributed by atoms with Crippen LogP contribution in [-0.2, 0) is 11.3 Å². The Morgan fingerprint density at radius 1 is 1.14 bits per heavy atom. The molecule has 186 valence electrons. The van der Waals surface area contributed by atoms with Crippen LogP contribution in [0.3, 0.4) is 0 Å². The van der Waals surface area contributed by atoms with Crippen molar-refractivity contribution in [2.45, 2.75) is 13.5 Å². The van der Waals surface area contributed by atoms with Gasteiger partial charge in [-0.15, -0.1) is 0 Å². The third kappa shape index (κ3) is 5.19. The van der Waals surface area contributed by atoms with Crippen LogP contribution in [0.5, 0.6) is 0 Å². The first-order valence-corrected chi connectivity index (χ1v) is 11.9. The maximum Gasteiger partial charge on any atom is 0.413 e. The van der Waals surface area contributed by atoms with Crippen molar-refractivity contribution in [1.29, 1.82) is 0 Å². The van der Waals surface area contributed by atoms with Crippen LogP contribution in [0.1, 0.15) is 12.6 Å². The van der Waals surface area contributed by atoms with Gasteiger partial charge in [0.05, 0.1) is 17.8 Å². The van der Waals surface area contributed by atoms with E-state index in [2.05, 4.69) is 42.1 Å². The molecule has 0 atom stereocenters. The molecule has 0 unspecified atom stereocenters. The molecule has 4 heterocycles. The minimum absolute atomic E-state index is 0.179. The summed E-state index contributed by atoms with van der Waals surface area (Å²) >= 11 is 0. The summed E-state index contributed by atoms with van der Waals surface area (Å²) in [5.41, 5.74) is 4.51. The number of benzene rings is 1. The van der Waals surface area contributed by atoms with Gasteiger partial charge in [-0.25, -0.2) is 14.2 Å². The Kier molecular flexibility index (Phi) is 6.88. The minimum Gasteiger partial charge on any atom is -0.450 e. The van der Waals surface area contributed by atoms with E-state index < -0.39 is 11.9 Å². The molecule has 1 fully saturated rings. The zero-order chi connectivity index (χ0) is 25.1. The number of likely N-dealkylation sites (N-methyl/N-ethyl adjacent to an activating group) is 1. The second-order valence-corrected chi connectivity index (χ2v) is 8.80. The lowest BCUT2D eigenvalue weighted by Gasteiger charge is -2.32. The molecule has 9 nitrogen and oxygen atoms in total. The molecule has 0 radical (unpaired) electrons. The van der Waals surface area contributed by atoms with E-state index in [4.69, 9.17) is 4.74 Å². The molecule has 0 spiro atoms.